The fraction of sp³-hybridized carbons (Fsp3) is 0.167. The average molecular weight is 241 g/mol. The van der Waals surface area contributed by atoms with E-state index in [2.05, 4.69) is 20.3 Å². The standard InChI is InChI=1S/C12H11N5O/c1-8-14-6-9(5-13)12(16-8)17-10-3-4-11(18-2)15-7-10/h3-4,6-7H,1-2H3,(H,14,16,17). The number of nitrogens with zero attached hydrogens (tertiary/aromatic N) is 4. The van der Waals surface area contributed by atoms with Gasteiger partial charge in [0.05, 0.1) is 25.2 Å². The Morgan fingerprint density at radius 2 is 2.11 bits per heavy atom. The van der Waals surface area contributed by atoms with Crippen molar-refractivity contribution in [3.63, 3.8) is 0 Å². The number of pyridine rings is 1. The molecule has 2 aromatic heterocycles. The molecule has 0 fully saturated rings. The Labute approximate surface area is 104 Å². The van der Waals surface area contributed by atoms with Crippen LogP contribution in [0.4, 0.5) is 11.5 Å². The van der Waals surface area contributed by atoms with Gasteiger partial charge in [-0.15, -0.1) is 0 Å². The molecular formula is C12H11N5O. The summed E-state index contributed by atoms with van der Waals surface area (Å²) < 4.78 is 4.97. The summed E-state index contributed by atoms with van der Waals surface area (Å²) in [6, 6.07) is 5.55. The molecule has 0 bridgehead atoms. The van der Waals surface area contributed by atoms with E-state index in [4.69, 9.17) is 10.00 Å². The summed E-state index contributed by atoms with van der Waals surface area (Å²) in [4.78, 5) is 12.2. The number of aryl methyl sites for hydroxylation is 1. The second-order valence-electron chi connectivity index (χ2n) is 3.51. The van der Waals surface area contributed by atoms with Crippen LogP contribution in [0.5, 0.6) is 5.88 Å². The topological polar surface area (TPSA) is 83.7 Å². The molecule has 0 atom stereocenters. The number of rotatable bonds is 3. The zero-order valence-corrected chi connectivity index (χ0v) is 10.0. The molecule has 90 valence electrons. The molecule has 0 saturated heterocycles. The van der Waals surface area contributed by atoms with E-state index >= 15 is 0 Å². The van der Waals surface area contributed by atoms with Gasteiger partial charge < -0.3 is 10.1 Å². The molecular weight excluding hydrogens is 230 g/mol. The van der Waals surface area contributed by atoms with Crippen molar-refractivity contribution in [1.82, 2.24) is 15.0 Å². The lowest BCUT2D eigenvalue weighted by atomic mass is 10.3. The third kappa shape index (κ3) is 2.52. The van der Waals surface area contributed by atoms with Crippen molar-refractivity contribution in [3.05, 3.63) is 35.9 Å². The van der Waals surface area contributed by atoms with Crippen LogP contribution in [0.25, 0.3) is 0 Å². The molecule has 2 aromatic rings. The van der Waals surface area contributed by atoms with Crippen molar-refractivity contribution in [3.8, 4) is 11.9 Å². The molecule has 0 aliphatic carbocycles. The van der Waals surface area contributed by atoms with Crippen molar-refractivity contribution in [1.29, 1.82) is 5.26 Å². The minimum atomic E-state index is 0.386. The molecule has 6 nitrogen and oxygen atoms in total. The van der Waals surface area contributed by atoms with Crippen LogP contribution in [0.3, 0.4) is 0 Å². The zero-order valence-electron chi connectivity index (χ0n) is 10.0. The van der Waals surface area contributed by atoms with Gasteiger partial charge in [0, 0.05) is 6.07 Å². The second-order valence-corrected chi connectivity index (χ2v) is 3.51. The van der Waals surface area contributed by atoms with E-state index in [-0.39, 0.29) is 0 Å². The molecule has 0 unspecified atom stereocenters. The first-order valence-corrected chi connectivity index (χ1v) is 5.23. The SMILES string of the molecule is COc1ccc(Nc2nc(C)ncc2C#N)cn1. The Bertz CT molecular complexity index is 588. The molecule has 6 heteroatoms. The maximum atomic E-state index is 8.96. The molecule has 18 heavy (non-hydrogen) atoms. The van der Waals surface area contributed by atoms with Crippen LogP contribution in [0.15, 0.2) is 24.5 Å². The quantitative estimate of drug-likeness (QED) is 0.882. The van der Waals surface area contributed by atoms with Gasteiger partial charge in [0.1, 0.15) is 17.5 Å². The molecule has 2 heterocycles. The van der Waals surface area contributed by atoms with Gasteiger partial charge in [-0.2, -0.15) is 5.26 Å². The first kappa shape index (κ1) is 11.8. The van der Waals surface area contributed by atoms with E-state index in [0.29, 0.717) is 23.1 Å². The minimum Gasteiger partial charge on any atom is -0.481 e. The summed E-state index contributed by atoms with van der Waals surface area (Å²) in [5, 5.41) is 12.0. The Kier molecular flexibility index (Phi) is 3.34. The van der Waals surface area contributed by atoms with Crippen molar-refractivity contribution in [2.75, 3.05) is 12.4 Å². The summed E-state index contributed by atoms with van der Waals surface area (Å²) in [7, 11) is 1.55. The van der Waals surface area contributed by atoms with Crippen molar-refractivity contribution in [2.24, 2.45) is 0 Å². The van der Waals surface area contributed by atoms with Crippen LogP contribution in [-0.4, -0.2) is 22.1 Å². The van der Waals surface area contributed by atoms with Crippen LogP contribution in [0, 0.1) is 18.3 Å². The smallest absolute Gasteiger partial charge is 0.213 e. The Hall–Kier alpha value is -2.68. The number of hydrogen-bond donors (Lipinski definition) is 1. The number of nitrogens with one attached hydrogen (secondary N) is 1. The highest BCUT2D eigenvalue weighted by Gasteiger charge is 2.05. The Morgan fingerprint density at radius 3 is 2.72 bits per heavy atom. The maximum absolute atomic E-state index is 8.96. The number of nitriles is 1. The first-order valence-electron chi connectivity index (χ1n) is 5.23. The van der Waals surface area contributed by atoms with Gasteiger partial charge in [-0.3, -0.25) is 0 Å². The monoisotopic (exact) mass is 241 g/mol. The molecule has 0 radical (unpaired) electrons. The van der Waals surface area contributed by atoms with Gasteiger partial charge in [-0.05, 0) is 13.0 Å². The summed E-state index contributed by atoms with van der Waals surface area (Å²) >= 11 is 0. The fourth-order valence-electron chi connectivity index (χ4n) is 1.36. The Morgan fingerprint density at radius 1 is 1.28 bits per heavy atom. The largest absolute Gasteiger partial charge is 0.481 e. The van der Waals surface area contributed by atoms with E-state index in [9.17, 15) is 0 Å². The lowest BCUT2D eigenvalue weighted by molar-refractivity contribution is 0.398. The highest BCUT2D eigenvalue weighted by molar-refractivity contribution is 5.61. The number of ether oxygens (including phenoxy) is 1. The number of aromatic nitrogens is 3. The molecule has 0 spiro atoms. The minimum absolute atomic E-state index is 0.386. The lowest BCUT2D eigenvalue weighted by Gasteiger charge is -2.07. The number of anilines is 2. The van der Waals surface area contributed by atoms with E-state index in [1.165, 1.54) is 6.20 Å². The summed E-state index contributed by atoms with van der Waals surface area (Å²) in [6.07, 6.45) is 3.10. The molecule has 0 saturated carbocycles. The van der Waals surface area contributed by atoms with Crippen molar-refractivity contribution < 1.29 is 4.74 Å². The molecule has 0 amide bonds. The zero-order chi connectivity index (χ0) is 13.0. The maximum Gasteiger partial charge on any atom is 0.213 e. The van der Waals surface area contributed by atoms with E-state index < -0.39 is 0 Å². The van der Waals surface area contributed by atoms with Crippen LogP contribution in [0.1, 0.15) is 11.4 Å². The van der Waals surface area contributed by atoms with Gasteiger partial charge in [-0.25, -0.2) is 15.0 Å². The molecule has 1 N–H and O–H groups in total. The van der Waals surface area contributed by atoms with E-state index in [1.807, 2.05) is 6.07 Å². The summed E-state index contributed by atoms with van der Waals surface area (Å²) in [6.45, 7) is 1.76. The average Bonchev–Trinajstić information content (AvgIpc) is 2.40. The van der Waals surface area contributed by atoms with Crippen LogP contribution >= 0.6 is 0 Å². The van der Waals surface area contributed by atoms with E-state index in [1.54, 1.807) is 32.4 Å². The predicted octanol–water partition coefficient (Wildman–Crippen LogP) is 1.80. The van der Waals surface area contributed by atoms with E-state index in [0.717, 1.165) is 5.69 Å². The van der Waals surface area contributed by atoms with Gasteiger partial charge in [0.2, 0.25) is 5.88 Å². The highest BCUT2D eigenvalue weighted by atomic mass is 16.5. The molecule has 0 aromatic carbocycles. The first-order chi connectivity index (χ1) is 8.72. The normalized spacial score (nSPS) is 9.61. The highest BCUT2D eigenvalue weighted by Crippen LogP contribution is 2.18. The fourth-order valence-corrected chi connectivity index (χ4v) is 1.36. The van der Waals surface area contributed by atoms with Crippen molar-refractivity contribution in [2.45, 2.75) is 6.92 Å². The third-order valence-electron chi connectivity index (χ3n) is 2.24. The third-order valence-corrected chi connectivity index (χ3v) is 2.24. The predicted molar refractivity (Wildman–Crippen MR) is 65.6 cm³/mol. The van der Waals surface area contributed by atoms with Crippen LogP contribution in [-0.2, 0) is 0 Å². The van der Waals surface area contributed by atoms with Gasteiger partial charge in [0.25, 0.3) is 0 Å². The number of hydrogen-bond acceptors (Lipinski definition) is 6. The van der Waals surface area contributed by atoms with Crippen molar-refractivity contribution >= 4 is 11.5 Å². The lowest BCUT2D eigenvalue weighted by Crippen LogP contribution is -2.00. The molecule has 2 rings (SSSR count). The Balaban J connectivity index is 2.27. The van der Waals surface area contributed by atoms with Gasteiger partial charge in [-0.1, -0.05) is 0 Å². The summed E-state index contributed by atoms with van der Waals surface area (Å²) in [5.74, 6) is 1.59. The van der Waals surface area contributed by atoms with Gasteiger partial charge >= 0.3 is 0 Å². The number of methoxy groups -OCH3 is 1. The van der Waals surface area contributed by atoms with Crippen LogP contribution < -0.4 is 10.1 Å². The van der Waals surface area contributed by atoms with Crippen LogP contribution in [0.2, 0.25) is 0 Å². The second kappa shape index (κ2) is 5.10. The molecule has 0 aliphatic heterocycles. The van der Waals surface area contributed by atoms with Gasteiger partial charge in [0.15, 0.2) is 5.82 Å². The molecule has 0 aliphatic rings. The summed E-state index contributed by atoms with van der Waals surface area (Å²) in [5.41, 5.74) is 1.11.